The second kappa shape index (κ2) is 9.79. The number of nitrogens with one attached hydrogen (secondary N) is 1. The number of anilines is 1. The van der Waals surface area contributed by atoms with Crippen molar-refractivity contribution in [2.24, 2.45) is 0 Å². The number of ether oxygens (including phenoxy) is 2. The lowest BCUT2D eigenvalue weighted by Gasteiger charge is -2.32. The second-order valence-corrected chi connectivity index (χ2v) is 8.15. The molecule has 0 spiro atoms. The van der Waals surface area contributed by atoms with Gasteiger partial charge in [0.2, 0.25) is 0 Å². The van der Waals surface area contributed by atoms with Gasteiger partial charge in [-0.2, -0.15) is 0 Å². The van der Waals surface area contributed by atoms with Crippen molar-refractivity contribution in [3.63, 3.8) is 0 Å². The molecule has 1 aliphatic heterocycles. The van der Waals surface area contributed by atoms with Gasteiger partial charge >= 0.3 is 5.97 Å². The lowest BCUT2D eigenvalue weighted by molar-refractivity contribution is -0.145. The molecule has 3 rings (SSSR count). The quantitative estimate of drug-likeness (QED) is 0.686. The Labute approximate surface area is 174 Å². The predicted molar refractivity (Wildman–Crippen MR) is 117 cm³/mol. The molecule has 1 saturated heterocycles. The monoisotopic (exact) mass is 396 g/mol. The minimum Gasteiger partial charge on any atom is -0.495 e. The van der Waals surface area contributed by atoms with E-state index >= 15 is 0 Å². The maximum atomic E-state index is 12.2. The number of rotatable bonds is 8. The highest BCUT2D eigenvalue weighted by molar-refractivity contribution is 5.69. The van der Waals surface area contributed by atoms with Crippen LogP contribution in [-0.4, -0.2) is 39.3 Å². The largest absolute Gasteiger partial charge is 0.495 e. The summed E-state index contributed by atoms with van der Waals surface area (Å²) in [4.78, 5) is 14.6. The first-order valence-electron chi connectivity index (χ1n) is 10.3. The normalized spacial score (nSPS) is 14.5. The van der Waals surface area contributed by atoms with Crippen molar-refractivity contribution in [3.05, 3.63) is 59.7 Å². The molecule has 1 heterocycles. The molecule has 0 unspecified atom stereocenters. The topological polar surface area (TPSA) is 50.8 Å². The van der Waals surface area contributed by atoms with Crippen LogP contribution in [0.15, 0.2) is 48.5 Å². The van der Waals surface area contributed by atoms with Gasteiger partial charge in [0, 0.05) is 32.6 Å². The minimum absolute atomic E-state index is 0.152. The standard InChI is InChI=1S/C24H32N2O3/c1-24(2,12-11-23(27)29-18-19-7-5-4-6-8-19)20-9-10-21(22(17-20)28-3)26-15-13-25-14-16-26/h4-10,17,25H,11-16,18H2,1-3H3. The smallest absolute Gasteiger partial charge is 0.306 e. The molecule has 156 valence electrons. The van der Waals surface area contributed by atoms with Gasteiger partial charge in [0.15, 0.2) is 0 Å². The van der Waals surface area contributed by atoms with E-state index in [1.807, 2.05) is 30.3 Å². The molecular weight excluding hydrogens is 364 g/mol. The molecule has 2 aromatic carbocycles. The highest BCUT2D eigenvalue weighted by Crippen LogP contribution is 2.36. The number of methoxy groups -OCH3 is 1. The molecule has 2 aromatic rings. The zero-order valence-corrected chi connectivity index (χ0v) is 17.7. The highest BCUT2D eigenvalue weighted by atomic mass is 16.5. The van der Waals surface area contributed by atoms with E-state index in [2.05, 4.69) is 42.3 Å². The summed E-state index contributed by atoms with van der Waals surface area (Å²) >= 11 is 0. The Morgan fingerprint density at radius 3 is 2.52 bits per heavy atom. The van der Waals surface area contributed by atoms with E-state index in [0.717, 1.165) is 49.6 Å². The zero-order chi connectivity index (χ0) is 20.7. The molecule has 1 N–H and O–H groups in total. The number of hydrogen-bond donors (Lipinski definition) is 1. The van der Waals surface area contributed by atoms with E-state index in [-0.39, 0.29) is 11.4 Å². The third-order valence-corrected chi connectivity index (χ3v) is 5.62. The molecule has 0 atom stereocenters. The molecule has 5 heteroatoms. The van der Waals surface area contributed by atoms with Crippen LogP contribution in [0, 0.1) is 0 Å². The number of esters is 1. The van der Waals surface area contributed by atoms with Crippen LogP contribution < -0.4 is 15.0 Å². The molecule has 29 heavy (non-hydrogen) atoms. The van der Waals surface area contributed by atoms with Gasteiger partial charge in [-0.25, -0.2) is 0 Å². The van der Waals surface area contributed by atoms with Gasteiger partial charge in [-0.15, -0.1) is 0 Å². The van der Waals surface area contributed by atoms with Gasteiger partial charge in [0.05, 0.1) is 12.8 Å². The number of carbonyl (C=O) groups is 1. The van der Waals surface area contributed by atoms with E-state index in [1.54, 1.807) is 7.11 Å². The summed E-state index contributed by atoms with van der Waals surface area (Å²) in [7, 11) is 1.72. The van der Waals surface area contributed by atoms with Crippen LogP contribution in [0.25, 0.3) is 0 Å². The SMILES string of the molecule is COc1cc(C(C)(C)CCC(=O)OCc2ccccc2)ccc1N1CCNCC1. The van der Waals surface area contributed by atoms with Gasteiger partial charge in [-0.05, 0) is 35.1 Å². The average molecular weight is 397 g/mol. The molecule has 5 nitrogen and oxygen atoms in total. The average Bonchev–Trinajstić information content (AvgIpc) is 2.77. The molecule has 0 aliphatic carbocycles. The van der Waals surface area contributed by atoms with Crippen LogP contribution >= 0.6 is 0 Å². The van der Waals surface area contributed by atoms with E-state index in [4.69, 9.17) is 9.47 Å². The number of carbonyl (C=O) groups excluding carboxylic acids is 1. The summed E-state index contributed by atoms with van der Waals surface area (Å²) in [5, 5.41) is 3.38. The molecule has 0 aromatic heterocycles. The molecule has 1 fully saturated rings. The van der Waals surface area contributed by atoms with Crippen LogP contribution in [0.5, 0.6) is 5.75 Å². The van der Waals surface area contributed by atoms with Gasteiger partial charge in [-0.1, -0.05) is 50.2 Å². The first-order valence-corrected chi connectivity index (χ1v) is 10.3. The Balaban J connectivity index is 1.60. The number of nitrogens with zero attached hydrogens (tertiary/aromatic N) is 1. The van der Waals surface area contributed by atoms with Gasteiger partial charge in [0.25, 0.3) is 0 Å². The summed E-state index contributed by atoms with van der Waals surface area (Å²) in [6.07, 6.45) is 1.11. The summed E-state index contributed by atoms with van der Waals surface area (Å²) in [6, 6.07) is 16.2. The fourth-order valence-corrected chi connectivity index (χ4v) is 3.63. The van der Waals surface area contributed by atoms with Crippen LogP contribution in [0.4, 0.5) is 5.69 Å². The third kappa shape index (κ3) is 5.73. The molecule has 0 saturated carbocycles. The lowest BCUT2D eigenvalue weighted by Crippen LogP contribution is -2.43. The fourth-order valence-electron chi connectivity index (χ4n) is 3.63. The maximum absolute atomic E-state index is 12.2. The Morgan fingerprint density at radius 2 is 1.83 bits per heavy atom. The van der Waals surface area contributed by atoms with Crippen LogP contribution in [0.2, 0.25) is 0 Å². The Bertz CT molecular complexity index is 799. The van der Waals surface area contributed by atoms with E-state index in [1.165, 1.54) is 5.56 Å². The van der Waals surface area contributed by atoms with Gasteiger partial charge in [0.1, 0.15) is 12.4 Å². The lowest BCUT2D eigenvalue weighted by atomic mass is 9.80. The maximum Gasteiger partial charge on any atom is 0.306 e. The van der Waals surface area contributed by atoms with E-state index < -0.39 is 0 Å². The molecule has 0 amide bonds. The summed E-state index contributed by atoms with van der Waals surface area (Å²) < 4.78 is 11.1. The van der Waals surface area contributed by atoms with Crippen molar-refractivity contribution in [2.45, 2.75) is 38.7 Å². The van der Waals surface area contributed by atoms with E-state index in [0.29, 0.717) is 13.0 Å². The molecule has 0 bridgehead atoms. The number of hydrogen-bond acceptors (Lipinski definition) is 5. The van der Waals surface area contributed by atoms with Crippen molar-refractivity contribution in [1.29, 1.82) is 0 Å². The van der Waals surface area contributed by atoms with E-state index in [9.17, 15) is 4.79 Å². The summed E-state index contributed by atoms with van der Waals surface area (Å²) in [6.45, 7) is 8.59. The Kier molecular flexibility index (Phi) is 7.15. The second-order valence-electron chi connectivity index (χ2n) is 8.15. The molecular formula is C24H32N2O3. The Morgan fingerprint density at radius 1 is 1.10 bits per heavy atom. The zero-order valence-electron chi connectivity index (χ0n) is 17.7. The van der Waals surface area contributed by atoms with Crippen LogP contribution in [0.1, 0.15) is 37.8 Å². The van der Waals surface area contributed by atoms with Crippen molar-refractivity contribution >= 4 is 11.7 Å². The van der Waals surface area contributed by atoms with Crippen LogP contribution in [-0.2, 0) is 21.6 Å². The van der Waals surface area contributed by atoms with Gasteiger partial charge < -0.3 is 19.7 Å². The summed E-state index contributed by atoms with van der Waals surface area (Å²) in [5.41, 5.74) is 3.16. The molecule has 1 aliphatic rings. The van der Waals surface area contributed by atoms with Crippen molar-refractivity contribution < 1.29 is 14.3 Å². The predicted octanol–water partition coefficient (Wildman–Crippen LogP) is 3.91. The third-order valence-electron chi connectivity index (χ3n) is 5.62. The van der Waals surface area contributed by atoms with Crippen molar-refractivity contribution in [1.82, 2.24) is 5.32 Å². The Hall–Kier alpha value is -2.53. The fraction of sp³-hybridized carbons (Fsp3) is 0.458. The number of piperazine rings is 1. The first kappa shape index (κ1) is 21.2. The van der Waals surface area contributed by atoms with Gasteiger partial charge in [-0.3, -0.25) is 4.79 Å². The minimum atomic E-state index is -0.161. The molecule has 0 radical (unpaired) electrons. The van der Waals surface area contributed by atoms with Crippen molar-refractivity contribution in [3.8, 4) is 5.75 Å². The number of benzene rings is 2. The first-order chi connectivity index (χ1) is 14.0. The summed E-state index contributed by atoms with van der Waals surface area (Å²) in [5.74, 6) is 0.732. The van der Waals surface area contributed by atoms with Crippen LogP contribution in [0.3, 0.4) is 0 Å². The van der Waals surface area contributed by atoms with Crippen molar-refractivity contribution in [2.75, 3.05) is 38.2 Å². The highest BCUT2D eigenvalue weighted by Gasteiger charge is 2.24.